The molecule has 0 saturated carbocycles. The highest BCUT2D eigenvalue weighted by molar-refractivity contribution is 6.46. The van der Waals surface area contributed by atoms with Crippen LogP contribution in [0.25, 0.3) is 11.1 Å². The number of carbonyl (C=O) groups is 2. The lowest BCUT2D eigenvalue weighted by atomic mass is 9.95. The first-order valence-corrected chi connectivity index (χ1v) is 11.7. The number of carbonyl (C=O) groups excluding carboxylic acids is 1. The molecule has 0 aliphatic rings. The van der Waals surface area contributed by atoms with Crippen molar-refractivity contribution in [3.63, 3.8) is 0 Å². The SMILES string of the molecule is CON=C(C(=O)N[C@@H](Cc1ccc(-c2c(OC)cccc2OC)cc1)C(=O)O)c1c(C)cc(C)cc1C. The number of nitrogens with zero attached hydrogens (tertiary/aromatic N) is 1. The minimum Gasteiger partial charge on any atom is -0.496 e. The molecule has 8 heteroatoms. The number of rotatable bonds is 10. The van der Waals surface area contributed by atoms with Gasteiger partial charge in [0.25, 0.3) is 5.91 Å². The van der Waals surface area contributed by atoms with Crippen molar-refractivity contribution in [3.8, 4) is 22.6 Å². The Balaban J connectivity index is 1.85. The molecular formula is C29H32N2O6. The van der Waals surface area contributed by atoms with Crippen molar-refractivity contribution >= 4 is 17.6 Å². The van der Waals surface area contributed by atoms with Crippen LogP contribution in [-0.4, -0.2) is 50.1 Å². The third-order valence-corrected chi connectivity index (χ3v) is 6.03. The van der Waals surface area contributed by atoms with Gasteiger partial charge in [-0.25, -0.2) is 4.79 Å². The predicted octanol–water partition coefficient (Wildman–Crippen LogP) is 4.46. The van der Waals surface area contributed by atoms with Gasteiger partial charge in [0, 0.05) is 12.0 Å². The van der Waals surface area contributed by atoms with Gasteiger partial charge in [-0.15, -0.1) is 0 Å². The number of aryl methyl sites for hydroxylation is 3. The number of ether oxygens (including phenoxy) is 2. The Morgan fingerprint density at radius 3 is 1.97 bits per heavy atom. The quantitative estimate of drug-likeness (QED) is 0.312. The maximum atomic E-state index is 13.2. The highest BCUT2D eigenvalue weighted by atomic mass is 16.6. The summed E-state index contributed by atoms with van der Waals surface area (Å²) in [5.41, 5.74) is 5.77. The topological polar surface area (TPSA) is 106 Å². The molecule has 37 heavy (non-hydrogen) atoms. The first-order valence-electron chi connectivity index (χ1n) is 11.7. The molecule has 0 aliphatic carbocycles. The number of methoxy groups -OCH3 is 2. The molecule has 0 heterocycles. The average molecular weight is 505 g/mol. The number of carboxylic acid groups (broad SMARTS) is 1. The minimum atomic E-state index is -1.17. The van der Waals surface area contributed by atoms with Crippen molar-refractivity contribution in [3.05, 3.63) is 82.4 Å². The molecule has 3 rings (SSSR count). The summed E-state index contributed by atoms with van der Waals surface area (Å²) in [4.78, 5) is 30.2. The number of nitrogens with one attached hydrogen (secondary N) is 1. The van der Waals surface area contributed by atoms with E-state index in [9.17, 15) is 14.7 Å². The third-order valence-electron chi connectivity index (χ3n) is 6.03. The fourth-order valence-electron chi connectivity index (χ4n) is 4.45. The van der Waals surface area contributed by atoms with Gasteiger partial charge in [0.2, 0.25) is 0 Å². The second kappa shape index (κ2) is 12.1. The van der Waals surface area contributed by atoms with E-state index in [1.807, 2.05) is 75.4 Å². The van der Waals surface area contributed by atoms with Crippen molar-refractivity contribution < 1.29 is 29.0 Å². The number of oxime groups is 1. The van der Waals surface area contributed by atoms with Crippen molar-refractivity contribution in [2.45, 2.75) is 33.2 Å². The standard InChI is InChI=1S/C29H32N2O6/c1-17-14-18(2)25(19(3)15-17)27(31-37-6)28(32)30-22(29(33)34)16-20-10-12-21(13-11-20)26-23(35-4)8-7-9-24(26)36-5/h7-15,22H,16H2,1-6H3,(H,30,32)(H,33,34)/t22-/m0/s1. The van der Waals surface area contributed by atoms with Crippen LogP contribution in [0.2, 0.25) is 0 Å². The summed E-state index contributed by atoms with van der Waals surface area (Å²) in [6.07, 6.45) is 0.0799. The Bertz CT molecular complexity index is 1270. The lowest BCUT2D eigenvalue weighted by molar-refractivity contribution is -0.141. The van der Waals surface area contributed by atoms with Crippen LogP contribution < -0.4 is 14.8 Å². The monoisotopic (exact) mass is 504 g/mol. The van der Waals surface area contributed by atoms with E-state index in [-0.39, 0.29) is 12.1 Å². The molecule has 0 aromatic heterocycles. The summed E-state index contributed by atoms with van der Waals surface area (Å²) >= 11 is 0. The molecule has 1 amide bonds. The molecule has 0 unspecified atom stereocenters. The Morgan fingerprint density at radius 2 is 1.49 bits per heavy atom. The van der Waals surface area contributed by atoms with Crippen LogP contribution in [0.5, 0.6) is 11.5 Å². The Kier molecular flexibility index (Phi) is 8.90. The van der Waals surface area contributed by atoms with Crippen LogP contribution in [0.1, 0.15) is 27.8 Å². The van der Waals surface area contributed by atoms with Crippen molar-refractivity contribution in [2.24, 2.45) is 5.16 Å². The van der Waals surface area contributed by atoms with Gasteiger partial charge in [-0.05, 0) is 55.2 Å². The van der Waals surface area contributed by atoms with Crippen molar-refractivity contribution in [1.82, 2.24) is 5.32 Å². The molecule has 194 valence electrons. The van der Waals surface area contributed by atoms with Crippen LogP contribution in [-0.2, 0) is 20.8 Å². The second-order valence-electron chi connectivity index (χ2n) is 8.70. The van der Waals surface area contributed by atoms with Gasteiger partial charge in [0.1, 0.15) is 24.7 Å². The van der Waals surface area contributed by atoms with E-state index in [1.165, 1.54) is 7.11 Å². The Hall–Kier alpha value is -4.33. The van der Waals surface area contributed by atoms with Crippen LogP contribution in [0.3, 0.4) is 0 Å². The van der Waals surface area contributed by atoms with Gasteiger partial charge in [-0.3, -0.25) is 4.79 Å². The minimum absolute atomic E-state index is 0.0300. The van der Waals surface area contributed by atoms with E-state index in [0.29, 0.717) is 17.1 Å². The molecule has 3 aromatic carbocycles. The zero-order chi connectivity index (χ0) is 27.1. The van der Waals surface area contributed by atoms with Gasteiger partial charge in [0.15, 0.2) is 5.71 Å². The third kappa shape index (κ3) is 6.27. The molecule has 3 aromatic rings. The fourth-order valence-corrected chi connectivity index (χ4v) is 4.45. The highest BCUT2D eigenvalue weighted by Gasteiger charge is 2.26. The maximum Gasteiger partial charge on any atom is 0.326 e. The van der Waals surface area contributed by atoms with E-state index in [4.69, 9.17) is 14.3 Å². The summed E-state index contributed by atoms with van der Waals surface area (Å²) in [6, 6.07) is 15.6. The second-order valence-corrected chi connectivity index (χ2v) is 8.70. The smallest absolute Gasteiger partial charge is 0.326 e. The summed E-state index contributed by atoms with van der Waals surface area (Å²) in [7, 11) is 4.53. The first-order chi connectivity index (χ1) is 17.7. The summed E-state index contributed by atoms with van der Waals surface area (Å²) < 4.78 is 11.0. The van der Waals surface area contributed by atoms with Gasteiger partial charge in [-0.2, -0.15) is 0 Å². The molecule has 0 fully saturated rings. The molecule has 2 N–H and O–H groups in total. The number of hydrogen-bond donors (Lipinski definition) is 2. The normalized spacial score (nSPS) is 12.0. The lowest BCUT2D eigenvalue weighted by Crippen LogP contribution is -2.45. The van der Waals surface area contributed by atoms with E-state index in [1.54, 1.807) is 14.2 Å². The zero-order valence-corrected chi connectivity index (χ0v) is 21.9. The molecular weight excluding hydrogens is 472 g/mol. The molecule has 0 spiro atoms. The number of hydrogen-bond acceptors (Lipinski definition) is 6. The Labute approximate surface area is 216 Å². The van der Waals surface area contributed by atoms with E-state index in [0.717, 1.165) is 33.4 Å². The first kappa shape index (κ1) is 27.3. The summed E-state index contributed by atoms with van der Waals surface area (Å²) in [5, 5.41) is 16.4. The largest absolute Gasteiger partial charge is 0.496 e. The fraction of sp³-hybridized carbons (Fsp3) is 0.276. The van der Waals surface area contributed by atoms with Crippen LogP contribution in [0.15, 0.2) is 59.8 Å². The van der Waals surface area contributed by atoms with Crippen molar-refractivity contribution in [1.29, 1.82) is 0 Å². The Morgan fingerprint density at radius 1 is 0.919 bits per heavy atom. The molecule has 0 radical (unpaired) electrons. The predicted molar refractivity (Wildman–Crippen MR) is 142 cm³/mol. The van der Waals surface area contributed by atoms with Gasteiger partial charge in [-0.1, -0.05) is 53.2 Å². The van der Waals surface area contributed by atoms with Gasteiger partial charge >= 0.3 is 5.97 Å². The highest BCUT2D eigenvalue weighted by Crippen LogP contribution is 2.38. The van der Waals surface area contributed by atoms with E-state index < -0.39 is 17.9 Å². The zero-order valence-electron chi connectivity index (χ0n) is 21.9. The molecule has 8 nitrogen and oxygen atoms in total. The average Bonchev–Trinajstić information content (AvgIpc) is 2.87. The van der Waals surface area contributed by atoms with Crippen LogP contribution in [0.4, 0.5) is 0 Å². The van der Waals surface area contributed by atoms with Crippen LogP contribution >= 0.6 is 0 Å². The van der Waals surface area contributed by atoms with E-state index >= 15 is 0 Å². The number of benzene rings is 3. The summed E-state index contributed by atoms with van der Waals surface area (Å²) in [5.74, 6) is -0.457. The molecule has 0 aliphatic heterocycles. The maximum absolute atomic E-state index is 13.2. The summed E-state index contributed by atoms with van der Waals surface area (Å²) in [6.45, 7) is 5.72. The molecule has 0 bridgehead atoms. The number of amides is 1. The van der Waals surface area contributed by atoms with Crippen LogP contribution in [0, 0.1) is 20.8 Å². The van der Waals surface area contributed by atoms with Gasteiger partial charge in [0.05, 0.1) is 19.8 Å². The lowest BCUT2D eigenvalue weighted by Gasteiger charge is -2.18. The molecule has 0 saturated heterocycles. The molecule has 1 atom stereocenters. The van der Waals surface area contributed by atoms with E-state index in [2.05, 4.69) is 10.5 Å². The van der Waals surface area contributed by atoms with Gasteiger partial charge < -0.3 is 24.7 Å². The number of carboxylic acids is 1. The number of aliphatic carboxylic acids is 1. The van der Waals surface area contributed by atoms with Crippen molar-refractivity contribution in [2.75, 3.05) is 21.3 Å².